The van der Waals surface area contributed by atoms with Gasteiger partial charge in [0.15, 0.2) is 0 Å². The van der Waals surface area contributed by atoms with Gasteiger partial charge in [0, 0.05) is 30.2 Å². The van der Waals surface area contributed by atoms with Gasteiger partial charge in [-0.25, -0.2) is 10.4 Å². The molecule has 2 heterocycles. The van der Waals surface area contributed by atoms with Gasteiger partial charge in [-0.3, -0.25) is 14.2 Å². The van der Waals surface area contributed by atoms with E-state index in [-0.39, 0.29) is 11.5 Å². The number of nitrogens with zero attached hydrogens (tertiary/aromatic N) is 3. The summed E-state index contributed by atoms with van der Waals surface area (Å²) in [5.41, 5.74) is 4.77. The zero-order valence-electron chi connectivity index (χ0n) is 13.7. The molecule has 2 atom stereocenters. The maximum Gasteiger partial charge on any atom is 0.271 e. The zero-order chi connectivity index (χ0) is 17.0. The molecule has 0 unspecified atom stereocenters. The highest BCUT2D eigenvalue weighted by Gasteiger charge is 2.38. The highest BCUT2D eigenvalue weighted by Crippen LogP contribution is 2.40. The molecule has 2 aromatic rings. The largest absolute Gasteiger partial charge is 0.296 e. The number of benzene rings is 1. The minimum Gasteiger partial charge on any atom is -0.296 e. The summed E-state index contributed by atoms with van der Waals surface area (Å²) in [4.78, 5) is 29.4. The number of carbonyl (C=O) groups is 1. The van der Waals surface area contributed by atoms with E-state index in [1.807, 2.05) is 0 Å². The van der Waals surface area contributed by atoms with Gasteiger partial charge in [0.25, 0.3) is 11.5 Å². The van der Waals surface area contributed by atoms with E-state index < -0.39 is 0 Å². The molecule has 126 valence electrons. The normalized spacial score (nSPS) is 25.0. The summed E-state index contributed by atoms with van der Waals surface area (Å²) in [6.45, 7) is 0.730. The lowest BCUT2D eigenvalue weighted by atomic mass is 9.74. The zero-order valence-corrected chi connectivity index (χ0v) is 13.7. The maximum atomic E-state index is 12.5. The van der Waals surface area contributed by atoms with Crippen molar-refractivity contribution in [2.75, 3.05) is 0 Å². The molecule has 0 radical (unpaired) electrons. The summed E-state index contributed by atoms with van der Waals surface area (Å²) in [7, 11) is 0. The Labute approximate surface area is 144 Å². The number of aromatic nitrogens is 2. The molecule has 1 amide bonds. The Morgan fingerprint density at radius 1 is 1.36 bits per heavy atom. The summed E-state index contributed by atoms with van der Waals surface area (Å²) in [5.74, 6) is 1.63. The molecule has 1 saturated carbocycles. The van der Waals surface area contributed by atoms with Crippen LogP contribution in [0.4, 0.5) is 0 Å². The first-order chi connectivity index (χ1) is 12.2. The average Bonchev–Trinajstić information content (AvgIpc) is 3.21. The van der Waals surface area contributed by atoms with Gasteiger partial charge in [-0.05, 0) is 43.4 Å². The number of rotatable bonds is 2. The molecule has 0 spiro atoms. The third-order valence-corrected chi connectivity index (χ3v) is 5.54. The molecule has 0 saturated heterocycles. The number of amides is 1. The lowest BCUT2D eigenvalue weighted by molar-refractivity contribution is 0.0954. The first-order valence-electron chi connectivity index (χ1n) is 8.77. The molecule has 3 aliphatic rings. The topological polar surface area (TPSA) is 76.3 Å². The van der Waals surface area contributed by atoms with Crippen molar-refractivity contribution in [2.45, 2.75) is 32.2 Å². The van der Waals surface area contributed by atoms with Crippen LogP contribution in [0.15, 0.2) is 40.2 Å². The van der Waals surface area contributed by atoms with Gasteiger partial charge in [-0.2, -0.15) is 5.10 Å². The summed E-state index contributed by atoms with van der Waals surface area (Å²) in [6, 6.07) is 5.05. The molecule has 0 bridgehead atoms. The molecular formula is C19H18N4O2. The molecule has 1 aromatic heterocycles. The molecule has 2 aliphatic carbocycles. The predicted molar refractivity (Wildman–Crippen MR) is 94.6 cm³/mol. The summed E-state index contributed by atoms with van der Waals surface area (Å²) in [6.07, 6.45) is 8.13. The standard InChI is InChI=1S/C19H18N4O2/c24-18(22-21-16-9-11-3-1-4-13(11)16)12-6-7-14-15(10-12)20-17-5-2-8-23(17)19(14)25/h1,3,6-7,10-11,13H,2,4-5,8-9H2,(H,22,24)/b21-16-/t11-,13+/m1/s1. The second-order valence-electron chi connectivity index (χ2n) is 7.00. The van der Waals surface area contributed by atoms with E-state index in [2.05, 4.69) is 27.7 Å². The van der Waals surface area contributed by atoms with Crippen molar-refractivity contribution in [3.8, 4) is 0 Å². The minimum atomic E-state index is -0.258. The second kappa shape index (κ2) is 5.37. The fourth-order valence-electron chi connectivity index (χ4n) is 4.08. The van der Waals surface area contributed by atoms with Gasteiger partial charge in [0.1, 0.15) is 5.82 Å². The molecular weight excluding hydrogens is 316 g/mol. The highest BCUT2D eigenvalue weighted by molar-refractivity contribution is 5.99. The summed E-state index contributed by atoms with van der Waals surface area (Å²) >= 11 is 0. The number of nitrogens with one attached hydrogen (secondary N) is 1. The van der Waals surface area contributed by atoms with E-state index in [0.29, 0.717) is 28.3 Å². The van der Waals surface area contributed by atoms with Gasteiger partial charge in [0.2, 0.25) is 0 Å². The highest BCUT2D eigenvalue weighted by atomic mass is 16.2. The monoisotopic (exact) mass is 334 g/mol. The molecule has 25 heavy (non-hydrogen) atoms. The van der Waals surface area contributed by atoms with Crippen LogP contribution in [0.2, 0.25) is 0 Å². The van der Waals surface area contributed by atoms with Gasteiger partial charge >= 0.3 is 0 Å². The Morgan fingerprint density at radius 2 is 2.28 bits per heavy atom. The number of carbonyl (C=O) groups excluding carboxylic acids is 1. The van der Waals surface area contributed by atoms with E-state index in [1.165, 1.54) is 0 Å². The fraction of sp³-hybridized carbons (Fsp3) is 0.368. The molecule has 1 aromatic carbocycles. The SMILES string of the molecule is O=C(N/N=C1/C[C@H]2C=CC[C@H]12)c1ccc2c(=O)n3c(nc2c1)CCC3. The van der Waals surface area contributed by atoms with Crippen molar-refractivity contribution in [3.05, 3.63) is 52.1 Å². The Hall–Kier alpha value is -2.76. The van der Waals surface area contributed by atoms with Crippen molar-refractivity contribution < 1.29 is 4.79 Å². The quantitative estimate of drug-likeness (QED) is 0.674. The van der Waals surface area contributed by atoms with Gasteiger partial charge in [-0.1, -0.05) is 12.2 Å². The summed E-state index contributed by atoms with van der Waals surface area (Å²) < 4.78 is 1.73. The van der Waals surface area contributed by atoms with Crippen molar-refractivity contribution in [2.24, 2.45) is 16.9 Å². The second-order valence-corrected chi connectivity index (χ2v) is 7.00. The lowest BCUT2D eigenvalue weighted by Gasteiger charge is -2.31. The number of aryl methyl sites for hydroxylation is 1. The molecule has 1 N–H and O–H groups in total. The molecule has 5 rings (SSSR count). The minimum absolute atomic E-state index is 0.0149. The number of hydrogen-bond acceptors (Lipinski definition) is 4. The molecule has 1 fully saturated rings. The van der Waals surface area contributed by atoms with Crippen LogP contribution in [-0.2, 0) is 13.0 Å². The fourth-order valence-corrected chi connectivity index (χ4v) is 4.08. The predicted octanol–water partition coefficient (Wildman–Crippen LogP) is 2.02. The van der Waals surface area contributed by atoms with Crippen LogP contribution < -0.4 is 11.0 Å². The van der Waals surface area contributed by atoms with Crippen LogP contribution in [0.25, 0.3) is 10.9 Å². The molecule has 6 heteroatoms. The van der Waals surface area contributed by atoms with Crippen LogP contribution in [0.3, 0.4) is 0 Å². The van der Waals surface area contributed by atoms with E-state index in [4.69, 9.17) is 0 Å². The Balaban J connectivity index is 1.41. The Morgan fingerprint density at radius 3 is 3.16 bits per heavy atom. The Bertz CT molecular complexity index is 1020. The number of hydrazone groups is 1. The molecule has 6 nitrogen and oxygen atoms in total. The van der Waals surface area contributed by atoms with Crippen LogP contribution in [-0.4, -0.2) is 21.2 Å². The van der Waals surface area contributed by atoms with E-state index in [9.17, 15) is 9.59 Å². The van der Waals surface area contributed by atoms with E-state index >= 15 is 0 Å². The summed E-state index contributed by atoms with van der Waals surface area (Å²) in [5, 5.41) is 4.86. The van der Waals surface area contributed by atoms with Crippen LogP contribution in [0.5, 0.6) is 0 Å². The average molecular weight is 334 g/mol. The third kappa shape index (κ3) is 2.24. The number of allylic oxidation sites excluding steroid dienone is 2. The smallest absolute Gasteiger partial charge is 0.271 e. The van der Waals surface area contributed by atoms with Gasteiger partial charge in [-0.15, -0.1) is 0 Å². The lowest BCUT2D eigenvalue weighted by Crippen LogP contribution is -2.35. The van der Waals surface area contributed by atoms with Crippen molar-refractivity contribution in [1.29, 1.82) is 0 Å². The van der Waals surface area contributed by atoms with E-state index in [1.54, 1.807) is 22.8 Å². The van der Waals surface area contributed by atoms with Crippen molar-refractivity contribution in [3.63, 3.8) is 0 Å². The Kier molecular flexibility index (Phi) is 3.13. The van der Waals surface area contributed by atoms with Crippen molar-refractivity contribution in [1.82, 2.24) is 15.0 Å². The van der Waals surface area contributed by atoms with Crippen LogP contribution in [0.1, 0.15) is 35.4 Å². The van der Waals surface area contributed by atoms with Crippen LogP contribution >= 0.6 is 0 Å². The maximum absolute atomic E-state index is 12.5. The first-order valence-corrected chi connectivity index (χ1v) is 8.77. The van der Waals surface area contributed by atoms with Gasteiger partial charge in [0.05, 0.1) is 10.9 Å². The third-order valence-electron chi connectivity index (χ3n) is 5.54. The van der Waals surface area contributed by atoms with Gasteiger partial charge < -0.3 is 0 Å². The van der Waals surface area contributed by atoms with Crippen LogP contribution in [0, 0.1) is 11.8 Å². The molecule has 1 aliphatic heterocycles. The van der Waals surface area contributed by atoms with Crippen molar-refractivity contribution >= 4 is 22.5 Å². The number of hydrogen-bond donors (Lipinski definition) is 1. The first kappa shape index (κ1) is 14.6. The number of fused-ring (bicyclic) bond motifs is 3. The van der Waals surface area contributed by atoms with E-state index in [0.717, 1.165) is 43.8 Å².